The maximum Gasteiger partial charge on any atom is 0.335 e. The number of carboxylic acids is 1. The molecule has 3 fully saturated rings. The van der Waals surface area contributed by atoms with E-state index in [9.17, 15) is 14.4 Å². The van der Waals surface area contributed by atoms with Crippen LogP contribution in [0.5, 0.6) is 0 Å². The van der Waals surface area contributed by atoms with Crippen molar-refractivity contribution in [1.82, 2.24) is 0 Å². The van der Waals surface area contributed by atoms with E-state index in [0.29, 0.717) is 5.69 Å². The number of carbonyl (C=O) groups excluding carboxylic acids is 2. The summed E-state index contributed by atoms with van der Waals surface area (Å²) in [5.41, 5.74) is 0.588. The standard InChI is InChI=1S/C16H13Br2NO4/c17-12-8-5-9(13(12)18)11-10(8)14(20)19(15(11)21)7-3-1-6(2-4-7)16(22)23/h1-4,8-13H,5H2,(H,22,23)/t8-,9-,10-,11-,12-,13+/m0/s1. The van der Waals surface area contributed by atoms with Crippen molar-refractivity contribution in [3.63, 3.8) is 0 Å². The molecular weight excluding hydrogens is 430 g/mol. The van der Waals surface area contributed by atoms with Gasteiger partial charge in [0.1, 0.15) is 0 Å². The second-order valence-electron chi connectivity index (χ2n) is 6.37. The number of carboxylic acid groups (broad SMARTS) is 1. The normalized spacial score (nSPS) is 38.3. The molecule has 0 unspecified atom stereocenters. The minimum atomic E-state index is -1.03. The predicted octanol–water partition coefficient (Wildman–Crippen LogP) is 2.67. The summed E-state index contributed by atoms with van der Waals surface area (Å²) in [5.74, 6) is -1.51. The Morgan fingerprint density at radius 1 is 1.00 bits per heavy atom. The van der Waals surface area contributed by atoms with E-state index in [1.54, 1.807) is 0 Å². The Bertz CT molecular complexity index is 687. The minimum Gasteiger partial charge on any atom is -0.478 e. The molecular formula is C16H13Br2NO4. The second-order valence-corrected chi connectivity index (χ2v) is 8.48. The summed E-state index contributed by atoms with van der Waals surface area (Å²) >= 11 is 7.30. The summed E-state index contributed by atoms with van der Waals surface area (Å²) in [7, 11) is 0. The molecule has 1 aromatic carbocycles. The average molecular weight is 443 g/mol. The smallest absolute Gasteiger partial charge is 0.335 e. The van der Waals surface area contributed by atoms with E-state index in [4.69, 9.17) is 5.11 Å². The van der Waals surface area contributed by atoms with Crippen LogP contribution < -0.4 is 4.90 Å². The first-order valence-corrected chi connectivity index (χ1v) is 9.24. The van der Waals surface area contributed by atoms with Gasteiger partial charge in [0.25, 0.3) is 0 Å². The molecule has 2 saturated carbocycles. The number of anilines is 1. The number of imide groups is 1. The monoisotopic (exact) mass is 441 g/mol. The highest BCUT2D eigenvalue weighted by atomic mass is 79.9. The van der Waals surface area contributed by atoms with Gasteiger partial charge in [-0.25, -0.2) is 4.79 Å². The fraction of sp³-hybridized carbons (Fsp3) is 0.438. The lowest BCUT2D eigenvalue weighted by Gasteiger charge is -2.28. The summed E-state index contributed by atoms with van der Waals surface area (Å²) < 4.78 is 0. The molecule has 1 N–H and O–H groups in total. The quantitative estimate of drug-likeness (QED) is 0.564. The number of nitrogens with zero attached hydrogens (tertiary/aromatic N) is 1. The first kappa shape index (κ1) is 15.3. The number of aromatic carboxylic acids is 1. The van der Waals surface area contributed by atoms with Crippen molar-refractivity contribution in [3.8, 4) is 0 Å². The zero-order chi connectivity index (χ0) is 16.5. The second kappa shape index (κ2) is 5.14. The first-order chi connectivity index (χ1) is 10.9. The molecule has 4 rings (SSSR count). The van der Waals surface area contributed by atoms with Gasteiger partial charge in [-0.05, 0) is 42.5 Å². The van der Waals surface area contributed by atoms with Gasteiger partial charge in [-0.15, -0.1) is 0 Å². The lowest BCUT2D eigenvalue weighted by molar-refractivity contribution is -0.123. The average Bonchev–Trinajstić information content (AvgIpc) is 3.12. The highest BCUT2D eigenvalue weighted by Gasteiger charge is 2.66. The zero-order valence-corrected chi connectivity index (χ0v) is 15.0. The van der Waals surface area contributed by atoms with Crippen molar-refractivity contribution in [3.05, 3.63) is 29.8 Å². The van der Waals surface area contributed by atoms with E-state index in [-0.39, 0.29) is 50.7 Å². The van der Waals surface area contributed by atoms with Crippen LogP contribution >= 0.6 is 31.9 Å². The molecule has 2 aliphatic carbocycles. The number of halogens is 2. The highest BCUT2D eigenvalue weighted by Crippen LogP contribution is 2.60. The maximum absolute atomic E-state index is 12.8. The molecule has 0 radical (unpaired) electrons. The molecule has 1 aliphatic heterocycles. The number of hydrogen-bond donors (Lipinski definition) is 1. The number of alkyl halides is 2. The number of rotatable bonds is 2. The third-order valence-electron chi connectivity index (χ3n) is 5.36. The van der Waals surface area contributed by atoms with Crippen molar-refractivity contribution < 1.29 is 19.5 Å². The van der Waals surface area contributed by atoms with Crippen molar-refractivity contribution in [2.24, 2.45) is 23.7 Å². The molecule has 2 bridgehead atoms. The van der Waals surface area contributed by atoms with Crippen molar-refractivity contribution in [2.75, 3.05) is 4.90 Å². The third kappa shape index (κ3) is 1.99. The fourth-order valence-corrected chi connectivity index (χ4v) is 6.23. The summed E-state index contributed by atoms with van der Waals surface area (Å²) in [6, 6.07) is 5.89. The van der Waals surface area contributed by atoms with Crippen LogP contribution in [0.3, 0.4) is 0 Å². The van der Waals surface area contributed by atoms with E-state index >= 15 is 0 Å². The molecule has 5 nitrogen and oxygen atoms in total. The SMILES string of the molecule is O=C(O)c1ccc(N2C(=O)[C@H]3[C@@H]4C[C@H]([C@@H](Br)[C@H]4Br)[C@@H]3C2=O)cc1. The number of amides is 2. The van der Waals surface area contributed by atoms with E-state index in [1.807, 2.05) is 0 Å². The predicted molar refractivity (Wildman–Crippen MR) is 89.9 cm³/mol. The number of hydrogen-bond acceptors (Lipinski definition) is 3. The third-order valence-corrected chi connectivity index (χ3v) is 8.57. The molecule has 120 valence electrons. The molecule has 0 spiro atoms. The number of fused-ring (bicyclic) bond motifs is 5. The van der Waals surface area contributed by atoms with Crippen molar-refractivity contribution >= 4 is 55.3 Å². The first-order valence-electron chi connectivity index (χ1n) is 7.41. The lowest BCUT2D eigenvalue weighted by atomic mass is 9.81. The Labute approximate surface area is 149 Å². The Balaban J connectivity index is 1.68. The van der Waals surface area contributed by atoms with Gasteiger partial charge in [0.15, 0.2) is 0 Å². The van der Waals surface area contributed by atoms with Gasteiger partial charge < -0.3 is 5.11 Å². The largest absolute Gasteiger partial charge is 0.478 e. The van der Waals surface area contributed by atoms with Crippen LogP contribution in [0.4, 0.5) is 5.69 Å². The molecule has 3 aliphatic rings. The molecule has 1 heterocycles. The summed E-state index contributed by atoms with van der Waals surface area (Å²) in [6.07, 6.45) is 0.893. The lowest BCUT2D eigenvalue weighted by Crippen LogP contribution is -2.37. The zero-order valence-electron chi connectivity index (χ0n) is 11.9. The van der Waals surface area contributed by atoms with Gasteiger partial charge in [-0.2, -0.15) is 0 Å². The Morgan fingerprint density at radius 2 is 1.48 bits per heavy atom. The van der Waals surface area contributed by atoms with Gasteiger partial charge in [-0.3, -0.25) is 14.5 Å². The van der Waals surface area contributed by atoms with Gasteiger partial charge in [0, 0.05) is 9.65 Å². The van der Waals surface area contributed by atoms with Crippen LogP contribution in [0, 0.1) is 23.7 Å². The molecule has 7 heteroatoms. The van der Waals surface area contributed by atoms with Crippen LogP contribution in [0.1, 0.15) is 16.8 Å². The van der Waals surface area contributed by atoms with Crippen LogP contribution in [-0.2, 0) is 9.59 Å². The topological polar surface area (TPSA) is 74.7 Å². The van der Waals surface area contributed by atoms with E-state index < -0.39 is 5.97 Å². The highest BCUT2D eigenvalue weighted by molar-refractivity contribution is 9.12. The molecule has 6 atom stereocenters. The van der Waals surface area contributed by atoms with Crippen LogP contribution in [0.2, 0.25) is 0 Å². The minimum absolute atomic E-state index is 0.133. The van der Waals surface area contributed by atoms with E-state index in [0.717, 1.165) is 6.42 Å². The molecule has 0 aromatic heterocycles. The van der Waals surface area contributed by atoms with Crippen LogP contribution in [-0.4, -0.2) is 32.5 Å². The van der Waals surface area contributed by atoms with Gasteiger partial charge in [0.05, 0.1) is 23.1 Å². The van der Waals surface area contributed by atoms with E-state index in [1.165, 1.54) is 29.2 Å². The van der Waals surface area contributed by atoms with Crippen LogP contribution in [0.15, 0.2) is 24.3 Å². The van der Waals surface area contributed by atoms with E-state index in [2.05, 4.69) is 31.9 Å². The summed E-state index contributed by atoms with van der Waals surface area (Å²) in [5, 5.41) is 8.95. The van der Waals surface area contributed by atoms with Crippen molar-refractivity contribution in [2.45, 2.75) is 16.1 Å². The summed E-state index contributed by atoms with van der Waals surface area (Å²) in [6.45, 7) is 0. The maximum atomic E-state index is 12.8. The van der Waals surface area contributed by atoms with Gasteiger partial charge >= 0.3 is 5.97 Å². The molecule has 2 amide bonds. The van der Waals surface area contributed by atoms with Crippen LogP contribution in [0.25, 0.3) is 0 Å². The fourth-order valence-electron chi connectivity index (χ4n) is 4.36. The summed E-state index contributed by atoms with van der Waals surface area (Å²) in [4.78, 5) is 38.2. The molecule has 1 aromatic rings. The molecule has 1 saturated heterocycles. The Hall–Kier alpha value is -1.21. The van der Waals surface area contributed by atoms with Gasteiger partial charge in [0.2, 0.25) is 11.8 Å². The van der Waals surface area contributed by atoms with Gasteiger partial charge in [-0.1, -0.05) is 31.9 Å². The Morgan fingerprint density at radius 3 is 1.91 bits per heavy atom. The number of carbonyl (C=O) groups is 3. The molecule has 23 heavy (non-hydrogen) atoms. The Kier molecular flexibility index (Phi) is 3.43. The van der Waals surface area contributed by atoms with Crippen molar-refractivity contribution in [1.29, 1.82) is 0 Å². The number of benzene rings is 1.